The molecule has 0 spiro atoms. The molecule has 0 atom stereocenters. The molecule has 0 unspecified atom stereocenters. The molecule has 5 rings (SSSR count). The zero-order chi connectivity index (χ0) is 21.9. The van der Waals surface area contributed by atoms with E-state index in [1.54, 1.807) is 10.8 Å². The van der Waals surface area contributed by atoms with Crippen molar-refractivity contribution in [3.63, 3.8) is 0 Å². The smallest absolute Gasteiger partial charge is 0.258 e. The average Bonchev–Trinajstić information content (AvgIpc) is 2.86. The first-order chi connectivity index (χ1) is 15.7. The summed E-state index contributed by atoms with van der Waals surface area (Å²) < 4.78 is 1.77. The largest absolute Gasteiger partial charge is 0.296 e. The van der Waals surface area contributed by atoms with Crippen LogP contribution in [0.25, 0.3) is 11.3 Å². The second kappa shape index (κ2) is 8.75. The van der Waals surface area contributed by atoms with Gasteiger partial charge < -0.3 is 0 Å². The van der Waals surface area contributed by atoms with E-state index in [0.29, 0.717) is 18.1 Å². The number of hydrogen-bond donors (Lipinski definition) is 0. The molecule has 2 aromatic carbocycles. The third-order valence-corrected chi connectivity index (χ3v) is 5.87. The topological polar surface area (TPSA) is 63.9 Å². The van der Waals surface area contributed by atoms with Gasteiger partial charge in [0.05, 0.1) is 5.69 Å². The lowest BCUT2D eigenvalue weighted by atomic mass is 10.1. The molecular weight excluding hydrogens is 398 g/mol. The van der Waals surface area contributed by atoms with Crippen molar-refractivity contribution in [3.05, 3.63) is 100 Å². The maximum absolute atomic E-state index is 13.2. The van der Waals surface area contributed by atoms with Crippen molar-refractivity contribution in [2.75, 3.05) is 11.4 Å². The summed E-state index contributed by atoms with van der Waals surface area (Å²) in [7, 11) is 0. The molecular formula is C26H25N5O. The van der Waals surface area contributed by atoms with Gasteiger partial charge in [-0.3, -0.25) is 14.3 Å². The summed E-state index contributed by atoms with van der Waals surface area (Å²) in [5.41, 5.74) is 3.63. The molecule has 2 aromatic heterocycles. The lowest BCUT2D eigenvalue weighted by molar-refractivity contribution is 0.558. The predicted molar refractivity (Wildman–Crippen MR) is 126 cm³/mol. The van der Waals surface area contributed by atoms with Gasteiger partial charge in [0, 0.05) is 36.8 Å². The highest BCUT2D eigenvalue weighted by molar-refractivity contribution is 5.65. The third-order valence-electron chi connectivity index (χ3n) is 5.87. The third kappa shape index (κ3) is 3.91. The highest BCUT2D eigenvalue weighted by Gasteiger charge is 2.25. The summed E-state index contributed by atoms with van der Waals surface area (Å²) in [6.07, 6.45) is 4.30. The van der Waals surface area contributed by atoms with Crippen molar-refractivity contribution in [1.29, 1.82) is 0 Å². The molecule has 0 saturated carbocycles. The molecule has 0 fully saturated rings. The van der Waals surface area contributed by atoms with E-state index in [-0.39, 0.29) is 5.56 Å². The van der Waals surface area contributed by atoms with Crippen LogP contribution in [0, 0.1) is 6.92 Å². The fourth-order valence-corrected chi connectivity index (χ4v) is 4.19. The molecule has 0 N–H and O–H groups in total. The van der Waals surface area contributed by atoms with Crippen molar-refractivity contribution >= 4 is 11.8 Å². The van der Waals surface area contributed by atoms with E-state index >= 15 is 0 Å². The van der Waals surface area contributed by atoms with Crippen LogP contribution >= 0.6 is 0 Å². The Balaban J connectivity index is 1.50. The molecule has 0 radical (unpaired) electrons. The van der Waals surface area contributed by atoms with Crippen LogP contribution in [0.4, 0.5) is 11.8 Å². The Morgan fingerprint density at radius 1 is 0.875 bits per heavy atom. The van der Waals surface area contributed by atoms with Crippen LogP contribution in [0.5, 0.6) is 0 Å². The number of hydrogen-bond acceptors (Lipinski definition) is 5. The minimum Gasteiger partial charge on any atom is -0.296 e. The molecule has 160 valence electrons. The van der Waals surface area contributed by atoms with Gasteiger partial charge in [0.15, 0.2) is 0 Å². The Bertz CT molecular complexity index is 1280. The number of fused-ring (bicyclic) bond motifs is 1. The normalized spacial score (nSPS) is 13.1. The Morgan fingerprint density at radius 3 is 2.41 bits per heavy atom. The van der Waals surface area contributed by atoms with Gasteiger partial charge in [0.1, 0.15) is 11.6 Å². The number of nitrogens with zero attached hydrogens (tertiary/aromatic N) is 5. The summed E-state index contributed by atoms with van der Waals surface area (Å²) in [6, 6.07) is 22.1. The Labute approximate surface area is 187 Å². The molecule has 4 aromatic rings. The Morgan fingerprint density at radius 2 is 1.62 bits per heavy atom. The molecule has 0 saturated heterocycles. The molecule has 0 amide bonds. The van der Waals surface area contributed by atoms with E-state index in [1.165, 1.54) is 5.56 Å². The van der Waals surface area contributed by atoms with Gasteiger partial charge in [0.25, 0.3) is 5.56 Å². The van der Waals surface area contributed by atoms with Crippen LogP contribution in [-0.2, 0) is 19.4 Å². The summed E-state index contributed by atoms with van der Waals surface area (Å²) in [6.45, 7) is 3.29. The van der Waals surface area contributed by atoms with Crippen LogP contribution < -0.4 is 10.5 Å². The zero-order valence-corrected chi connectivity index (χ0v) is 18.1. The first-order valence-corrected chi connectivity index (χ1v) is 11.0. The molecule has 1 aliphatic rings. The molecule has 0 aliphatic carbocycles. The van der Waals surface area contributed by atoms with E-state index in [0.717, 1.165) is 48.7 Å². The highest BCUT2D eigenvalue weighted by Crippen LogP contribution is 2.28. The van der Waals surface area contributed by atoms with Crippen molar-refractivity contribution < 1.29 is 0 Å². The Kier molecular flexibility index (Phi) is 5.50. The standard InChI is InChI=1S/C26H25N5O/c1-19-24(21-11-6-3-7-12-21)29-26-30(17-8-18-31(26)25(19)32)23-15-16-27-22(28-23)14-13-20-9-4-2-5-10-20/h2-7,9-12,15-16H,8,13-14,17-18H2,1H3. The number of aryl methyl sites for hydroxylation is 2. The first kappa shape index (κ1) is 20.1. The van der Waals surface area contributed by atoms with E-state index in [1.807, 2.05) is 66.4 Å². The summed E-state index contributed by atoms with van der Waals surface area (Å²) >= 11 is 0. The summed E-state index contributed by atoms with van der Waals surface area (Å²) in [5.74, 6) is 2.23. The van der Waals surface area contributed by atoms with Gasteiger partial charge in [0.2, 0.25) is 5.95 Å². The van der Waals surface area contributed by atoms with Crippen LogP contribution in [0.15, 0.2) is 77.7 Å². The lowest BCUT2D eigenvalue weighted by Crippen LogP contribution is -2.37. The van der Waals surface area contributed by atoms with E-state index < -0.39 is 0 Å². The van der Waals surface area contributed by atoms with Crippen LogP contribution in [0.2, 0.25) is 0 Å². The zero-order valence-electron chi connectivity index (χ0n) is 18.1. The summed E-state index contributed by atoms with van der Waals surface area (Å²) in [4.78, 5) is 29.5. The SMILES string of the molecule is Cc1c(-c2ccccc2)nc2n(c1=O)CCCN2c1ccnc(CCc2ccccc2)n1. The lowest BCUT2D eigenvalue weighted by Gasteiger charge is -2.30. The van der Waals surface area contributed by atoms with Gasteiger partial charge in [-0.05, 0) is 31.4 Å². The maximum Gasteiger partial charge on any atom is 0.258 e. The summed E-state index contributed by atoms with van der Waals surface area (Å²) in [5, 5.41) is 0. The van der Waals surface area contributed by atoms with Crippen molar-refractivity contribution in [1.82, 2.24) is 19.5 Å². The van der Waals surface area contributed by atoms with Crippen molar-refractivity contribution in [2.45, 2.75) is 32.7 Å². The molecule has 32 heavy (non-hydrogen) atoms. The second-order valence-corrected chi connectivity index (χ2v) is 8.03. The van der Waals surface area contributed by atoms with E-state index in [2.05, 4.69) is 17.1 Å². The quantitative estimate of drug-likeness (QED) is 0.478. The predicted octanol–water partition coefficient (Wildman–Crippen LogP) is 4.34. The van der Waals surface area contributed by atoms with Gasteiger partial charge >= 0.3 is 0 Å². The fourth-order valence-electron chi connectivity index (χ4n) is 4.19. The van der Waals surface area contributed by atoms with Crippen molar-refractivity contribution in [3.8, 4) is 11.3 Å². The first-order valence-electron chi connectivity index (χ1n) is 11.0. The molecule has 6 heteroatoms. The van der Waals surface area contributed by atoms with E-state index in [9.17, 15) is 4.79 Å². The molecule has 0 bridgehead atoms. The minimum atomic E-state index is 0.0110. The number of benzene rings is 2. The number of rotatable bonds is 5. The van der Waals surface area contributed by atoms with Crippen molar-refractivity contribution in [2.24, 2.45) is 0 Å². The second-order valence-electron chi connectivity index (χ2n) is 8.03. The van der Waals surface area contributed by atoms with Gasteiger partial charge in [-0.15, -0.1) is 0 Å². The molecule has 3 heterocycles. The van der Waals surface area contributed by atoms with Crippen LogP contribution in [0.3, 0.4) is 0 Å². The molecule has 1 aliphatic heterocycles. The van der Waals surface area contributed by atoms with E-state index in [4.69, 9.17) is 9.97 Å². The van der Waals surface area contributed by atoms with Gasteiger partial charge in [-0.1, -0.05) is 60.7 Å². The number of aromatic nitrogens is 4. The fraction of sp³-hybridized carbons (Fsp3) is 0.231. The van der Waals surface area contributed by atoms with Gasteiger partial charge in [-0.2, -0.15) is 0 Å². The van der Waals surface area contributed by atoms with Gasteiger partial charge in [-0.25, -0.2) is 15.0 Å². The highest BCUT2D eigenvalue weighted by atomic mass is 16.1. The van der Waals surface area contributed by atoms with Crippen LogP contribution in [0.1, 0.15) is 23.4 Å². The maximum atomic E-state index is 13.2. The molecule has 6 nitrogen and oxygen atoms in total. The van der Waals surface area contributed by atoms with Crippen LogP contribution in [-0.4, -0.2) is 26.1 Å². The number of anilines is 2. The monoisotopic (exact) mass is 423 g/mol. The Hall–Kier alpha value is -3.80. The average molecular weight is 424 g/mol. The minimum absolute atomic E-state index is 0.0110.